The molecule has 1 N–H and O–H groups in total. The summed E-state index contributed by atoms with van der Waals surface area (Å²) in [6.45, 7) is 5.67. The molecule has 1 amide bonds. The first-order valence-corrected chi connectivity index (χ1v) is 9.33. The van der Waals surface area contributed by atoms with E-state index < -0.39 is 5.91 Å². The Labute approximate surface area is 176 Å². The Morgan fingerprint density at radius 1 is 1.37 bits per heavy atom. The van der Waals surface area contributed by atoms with Gasteiger partial charge in [-0.3, -0.25) is 4.79 Å². The summed E-state index contributed by atoms with van der Waals surface area (Å²) in [6, 6.07) is 10.4. The molecule has 0 unspecified atom stereocenters. The van der Waals surface area contributed by atoms with Crippen molar-refractivity contribution in [3.63, 3.8) is 0 Å². The van der Waals surface area contributed by atoms with Crippen LogP contribution in [0, 0.1) is 18.3 Å². The summed E-state index contributed by atoms with van der Waals surface area (Å²) in [6.07, 6.45) is 3.05. The Kier molecular flexibility index (Phi) is 7.49. The number of hydrogen-bond donors (Lipinski definition) is 1. The number of nitrogens with one attached hydrogen (secondary N) is 1. The first-order chi connectivity index (χ1) is 12.9. The number of rotatable bonds is 6. The van der Waals surface area contributed by atoms with Gasteiger partial charge in [0.2, 0.25) is 0 Å². The molecule has 0 heterocycles. The summed E-state index contributed by atoms with van der Waals surface area (Å²) >= 11 is 15.7. The second-order valence-corrected chi connectivity index (χ2v) is 7.12. The highest BCUT2D eigenvalue weighted by Gasteiger charge is 2.14. The molecular weight excluding hydrogens is 451 g/mol. The van der Waals surface area contributed by atoms with Crippen LogP contribution in [0.2, 0.25) is 10.0 Å². The number of ether oxygens (including phenoxy) is 1. The van der Waals surface area contributed by atoms with Gasteiger partial charge in [-0.05, 0) is 64.3 Å². The molecule has 138 valence electrons. The number of carbonyl (C=O) groups excluding carboxylic acids is 1. The van der Waals surface area contributed by atoms with E-state index in [1.165, 1.54) is 6.08 Å². The van der Waals surface area contributed by atoms with Gasteiger partial charge < -0.3 is 10.1 Å². The summed E-state index contributed by atoms with van der Waals surface area (Å²) in [7, 11) is 0. The summed E-state index contributed by atoms with van der Waals surface area (Å²) in [5.41, 5.74) is 1.77. The maximum absolute atomic E-state index is 12.5. The quantitative estimate of drug-likeness (QED) is 0.315. The van der Waals surface area contributed by atoms with Crippen LogP contribution in [-0.2, 0) is 4.79 Å². The van der Waals surface area contributed by atoms with Gasteiger partial charge in [0.25, 0.3) is 5.91 Å². The van der Waals surface area contributed by atoms with Crippen molar-refractivity contribution in [2.75, 3.05) is 11.9 Å². The molecule has 2 aromatic rings. The standard InChI is InChI=1S/C20H15BrCl2N2O2/c1-3-7-27-19-15(21)9-13(10-17(19)23)8-14(11-24)20(26)25-18-6-4-5-16(22)12(18)2/h3-6,8-10H,1,7H2,2H3,(H,25,26)/b14-8-. The lowest BCUT2D eigenvalue weighted by molar-refractivity contribution is -0.112. The zero-order valence-corrected chi connectivity index (χ0v) is 17.5. The van der Waals surface area contributed by atoms with Crippen LogP contribution < -0.4 is 10.1 Å². The largest absolute Gasteiger partial charge is 0.487 e. The maximum atomic E-state index is 12.5. The second-order valence-electron chi connectivity index (χ2n) is 5.45. The third-order valence-electron chi connectivity index (χ3n) is 3.56. The monoisotopic (exact) mass is 464 g/mol. The number of amides is 1. The normalized spacial score (nSPS) is 10.9. The van der Waals surface area contributed by atoms with E-state index in [1.807, 2.05) is 6.07 Å². The molecule has 0 bridgehead atoms. The molecule has 4 nitrogen and oxygen atoms in total. The molecule has 0 spiro atoms. The van der Waals surface area contributed by atoms with Crippen molar-refractivity contribution in [3.05, 3.63) is 74.2 Å². The number of benzene rings is 2. The van der Waals surface area contributed by atoms with Gasteiger partial charge in [0, 0.05) is 10.7 Å². The van der Waals surface area contributed by atoms with Crippen molar-refractivity contribution in [1.82, 2.24) is 0 Å². The van der Waals surface area contributed by atoms with E-state index >= 15 is 0 Å². The fourth-order valence-corrected chi connectivity index (χ4v) is 3.35. The average molecular weight is 466 g/mol. The first kappa shape index (κ1) is 21.0. The SMILES string of the molecule is C=CCOc1c(Cl)cc(/C=C(/C#N)C(=O)Nc2cccc(Cl)c2C)cc1Br. The average Bonchev–Trinajstić information content (AvgIpc) is 2.62. The highest BCUT2D eigenvalue weighted by molar-refractivity contribution is 9.10. The van der Waals surface area contributed by atoms with Crippen molar-refractivity contribution in [2.45, 2.75) is 6.92 Å². The predicted octanol–water partition coefficient (Wildman–Crippen LogP) is 6.17. The summed E-state index contributed by atoms with van der Waals surface area (Å²) in [4.78, 5) is 12.5. The Balaban J connectivity index is 2.30. The van der Waals surface area contributed by atoms with E-state index in [0.29, 0.717) is 38.1 Å². The zero-order valence-electron chi connectivity index (χ0n) is 14.4. The van der Waals surface area contributed by atoms with Crippen LogP contribution in [0.25, 0.3) is 6.08 Å². The molecular formula is C20H15BrCl2N2O2. The van der Waals surface area contributed by atoms with Gasteiger partial charge in [-0.15, -0.1) is 0 Å². The maximum Gasteiger partial charge on any atom is 0.266 e. The minimum atomic E-state index is -0.540. The molecule has 7 heteroatoms. The third kappa shape index (κ3) is 5.36. The van der Waals surface area contributed by atoms with Crippen LogP contribution in [-0.4, -0.2) is 12.5 Å². The van der Waals surface area contributed by atoms with Crippen molar-refractivity contribution in [1.29, 1.82) is 5.26 Å². The van der Waals surface area contributed by atoms with Crippen molar-refractivity contribution < 1.29 is 9.53 Å². The Hall–Kier alpha value is -2.26. The number of carbonyl (C=O) groups is 1. The molecule has 0 aliphatic rings. The zero-order chi connectivity index (χ0) is 20.0. The molecule has 0 aliphatic heterocycles. The van der Waals surface area contributed by atoms with Gasteiger partial charge in [0.15, 0.2) is 5.75 Å². The number of nitriles is 1. The van der Waals surface area contributed by atoms with Crippen molar-refractivity contribution in [2.24, 2.45) is 0 Å². The number of hydrogen-bond acceptors (Lipinski definition) is 3. The van der Waals surface area contributed by atoms with Crippen molar-refractivity contribution >= 4 is 56.8 Å². The van der Waals surface area contributed by atoms with Gasteiger partial charge in [-0.1, -0.05) is 41.9 Å². The highest BCUT2D eigenvalue weighted by atomic mass is 79.9. The predicted molar refractivity (Wildman–Crippen MR) is 113 cm³/mol. The van der Waals surface area contributed by atoms with Crippen LogP contribution >= 0.6 is 39.1 Å². The van der Waals surface area contributed by atoms with Gasteiger partial charge >= 0.3 is 0 Å². The summed E-state index contributed by atoms with van der Waals surface area (Å²) < 4.78 is 6.08. The lowest BCUT2D eigenvalue weighted by Crippen LogP contribution is -2.14. The highest BCUT2D eigenvalue weighted by Crippen LogP contribution is 2.35. The Morgan fingerprint density at radius 2 is 2.11 bits per heavy atom. The number of halogens is 3. The van der Waals surface area contributed by atoms with Gasteiger partial charge in [-0.25, -0.2) is 0 Å². The van der Waals surface area contributed by atoms with Crippen LogP contribution in [0.5, 0.6) is 5.75 Å². The molecule has 0 radical (unpaired) electrons. The number of anilines is 1. The summed E-state index contributed by atoms with van der Waals surface area (Å²) in [5.74, 6) is -0.0756. The number of nitrogens with zero attached hydrogens (tertiary/aromatic N) is 1. The lowest BCUT2D eigenvalue weighted by Gasteiger charge is -2.10. The minimum absolute atomic E-state index is 0.0721. The fourth-order valence-electron chi connectivity index (χ4n) is 2.19. The minimum Gasteiger partial charge on any atom is -0.487 e. The topological polar surface area (TPSA) is 62.1 Å². The van der Waals surface area contributed by atoms with E-state index in [4.69, 9.17) is 27.9 Å². The van der Waals surface area contributed by atoms with Crippen LogP contribution in [0.15, 0.2) is 53.0 Å². The third-order valence-corrected chi connectivity index (χ3v) is 4.84. The molecule has 0 saturated heterocycles. The summed E-state index contributed by atoms with van der Waals surface area (Å²) in [5, 5.41) is 13.0. The molecule has 2 rings (SSSR count). The molecule has 0 atom stereocenters. The van der Waals surface area contributed by atoms with Gasteiger partial charge in [-0.2, -0.15) is 5.26 Å². The molecule has 0 saturated carbocycles. The van der Waals surface area contributed by atoms with Crippen LogP contribution in [0.3, 0.4) is 0 Å². The van der Waals surface area contributed by atoms with E-state index in [0.717, 1.165) is 5.56 Å². The molecule has 2 aromatic carbocycles. The smallest absolute Gasteiger partial charge is 0.266 e. The Morgan fingerprint density at radius 3 is 2.74 bits per heavy atom. The van der Waals surface area contributed by atoms with E-state index in [9.17, 15) is 10.1 Å². The van der Waals surface area contributed by atoms with Crippen LogP contribution in [0.4, 0.5) is 5.69 Å². The van der Waals surface area contributed by atoms with Crippen molar-refractivity contribution in [3.8, 4) is 11.8 Å². The first-order valence-electron chi connectivity index (χ1n) is 7.78. The van der Waals surface area contributed by atoms with Crippen LogP contribution in [0.1, 0.15) is 11.1 Å². The van der Waals surface area contributed by atoms with E-state index in [-0.39, 0.29) is 5.57 Å². The Bertz CT molecular complexity index is 942. The molecule has 0 aliphatic carbocycles. The van der Waals surface area contributed by atoms with E-state index in [2.05, 4.69) is 27.8 Å². The second kappa shape index (κ2) is 9.61. The van der Waals surface area contributed by atoms with Gasteiger partial charge in [0.05, 0.1) is 9.50 Å². The molecule has 0 fully saturated rings. The molecule has 0 aromatic heterocycles. The van der Waals surface area contributed by atoms with E-state index in [1.54, 1.807) is 43.3 Å². The van der Waals surface area contributed by atoms with Gasteiger partial charge in [0.1, 0.15) is 18.2 Å². The molecule has 27 heavy (non-hydrogen) atoms. The fraction of sp³-hybridized carbons (Fsp3) is 0.100. The lowest BCUT2D eigenvalue weighted by atomic mass is 10.1.